The zero-order valence-electron chi connectivity index (χ0n) is 10.9. The van der Waals surface area contributed by atoms with Gasteiger partial charge in [-0.3, -0.25) is 5.41 Å². The van der Waals surface area contributed by atoms with Crippen LogP contribution >= 0.6 is 11.3 Å². The van der Waals surface area contributed by atoms with Crippen LogP contribution in [-0.2, 0) is 16.4 Å². The molecule has 106 valence electrons. The van der Waals surface area contributed by atoms with Gasteiger partial charge in [0.1, 0.15) is 5.84 Å². The van der Waals surface area contributed by atoms with Gasteiger partial charge in [0.2, 0.25) is 10.0 Å². The van der Waals surface area contributed by atoms with Crippen molar-refractivity contribution in [2.45, 2.75) is 18.2 Å². The van der Waals surface area contributed by atoms with E-state index in [1.807, 2.05) is 18.4 Å². The molecule has 0 saturated carbocycles. The third-order valence-corrected chi connectivity index (χ3v) is 4.95. The highest BCUT2D eigenvalue weighted by Crippen LogP contribution is 2.31. The molecular weight excluding hydrogens is 294 g/mol. The van der Waals surface area contributed by atoms with Crippen LogP contribution in [0.4, 0.5) is 0 Å². The van der Waals surface area contributed by atoms with Crippen LogP contribution in [0.5, 0.6) is 0 Å². The Morgan fingerprint density at radius 2 is 2.10 bits per heavy atom. The van der Waals surface area contributed by atoms with Gasteiger partial charge in [0.15, 0.2) is 0 Å². The first kappa shape index (κ1) is 14.7. The molecule has 0 aliphatic carbocycles. The third kappa shape index (κ3) is 2.74. The summed E-state index contributed by atoms with van der Waals surface area (Å²) >= 11 is 1.59. The average molecular weight is 309 g/mol. The Hall–Kier alpha value is -1.70. The summed E-state index contributed by atoms with van der Waals surface area (Å²) in [5, 5.41) is 14.8. The highest BCUT2D eigenvalue weighted by Gasteiger charge is 2.20. The first-order valence-corrected chi connectivity index (χ1v) is 8.35. The maximum atomic E-state index is 11.6. The van der Waals surface area contributed by atoms with Gasteiger partial charge >= 0.3 is 0 Å². The number of primary sulfonamides is 1. The first-order valence-electron chi connectivity index (χ1n) is 5.92. The highest BCUT2D eigenvalue weighted by atomic mass is 32.2. The summed E-state index contributed by atoms with van der Waals surface area (Å²) in [5.74, 6) is -0.311. The Kier molecular flexibility index (Phi) is 3.94. The number of benzene rings is 1. The van der Waals surface area contributed by atoms with Crippen molar-refractivity contribution in [1.82, 2.24) is 0 Å². The molecule has 2 rings (SSSR count). The molecule has 1 heterocycles. The van der Waals surface area contributed by atoms with Crippen molar-refractivity contribution in [1.29, 1.82) is 5.41 Å². The lowest BCUT2D eigenvalue weighted by molar-refractivity contribution is 0.597. The molecular formula is C13H15N3O2S2. The lowest BCUT2D eigenvalue weighted by Gasteiger charge is -2.11. The number of nitrogen functional groups attached to an aromatic ring is 1. The van der Waals surface area contributed by atoms with E-state index in [0.29, 0.717) is 5.56 Å². The predicted octanol–water partition coefficient (Wildman–Crippen LogP) is 1.91. The molecule has 0 aliphatic heterocycles. The molecule has 0 atom stereocenters. The number of aryl methyl sites for hydroxylation is 1. The van der Waals surface area contributed by atoms with Gasteiger partial charge in [0.25, 0.3) is 0 Å². The van der Waals surface area contributed by atoms with Gasteiger partial charge < -0.3 is 5.73 Å². The Bertz CT molecular complexity index is 764. The van der Waals surface area contributed by atoms with E-state index in [1.165, 1.54) is 10.9 Å². The second-order valence-corrected chi connectivity index (χ2v) is 6.82. The van der Waals surface area contributed by atoms with Gasteiger partial charge in [-0.2, -0.15) is 0 Å². The molecule has 0 radical (unpaired) electrons. The van der Waals surface area contributed by atoms with E-state index in [1.54, 1.807) is 23.5 Å². The number of hydrogen-bond acceptors (Lipinski definition) is 4. The lowest BCUT2D eigenvalue weighted by atomic mass is 10.0. The molecule has 0 saturated heterocycles. The fourth-order valence-electron chi connectivity index (χ4n) is 1.99. The Morgan fingerprint density at radius 3 is 2.60 bits per heavy atom. The number of sulfonamides is 1. The molecule has 0 unspecified atom stereocenters. The molecule has 20 heavy (non-hydrogen) atoms. The van der Waals surface area contributed by atoms with E-state index in [9.17, 15) is 8.42 Å². The summed E-state index contributed by atoms with van der Waals surface area (Å²) < 4.78 is 23.3. The molecule has 5 nitrogen and oxygen atoms in total. The molecule has 2 aromatic rings. The molecule has 1 aromatic carbocycles. The van der Waals surface area contributed by atoms with E-state index in [-0.39, 0.29) is 16.3 Å². The second-order valence-electron chi connectivity index (χ2n) is 4.29. The number of thiophene rings is 1. The van der Waals surface area contributed by atoms with E-state index < -0.39 is 10.0 Å². The number of nitrogens with one attached hydrogen (secondary N) is 1. The normalized spacial score (nSPS) is 11.5. The van der Waals surface area contributed by atoms with Crippen molar-refractivity contribution < 1.29 is 8.42 Å². The van der Waals surface area contributed by atoms with Crippen molar-refractivity contribution in [2.75, 3.05) is 0 Å². The third-order valence-electron chi connectivity index (χ3n) is 2.92. The van der Waals surface area contributed by atoms with Crippen LogP contribution in [-0.4, -0.2) is 14.3 Å². The van der Waals surface area contributed by atoms with E-state index in [0.717, 1.165) is 12.0 Å². The van der Waals surface area contributed by atoms with Crippen molar-refractivity contribution in [3.05, 3.63) is 40.1 Å². The smallest absolute Gasteiger partial charge is 0.238 e. The summed E-state index contributed by atoms with van der Waals surface area (Å²) in [6, 6.07) is 6.68. The van der Waals surface area contributed by atoms with Crippen molar-refractivity contribution >= 4 is 27.2 Å². The van der Waals surface area contributed by atoms with Crippen LogP contribution in [0.3, 0.4) is 0 Å². The van der Waals surface area contributed by atoms with Crippen LogP contribution in [0, 0.1) is 5.41 Å². The van der Waals surface area contributed by atoms with Gasteiger partial charge in [0, 0.05) is 10.4 Å². The Balaban J connectivity index is 2.74. The molecule has 5 N–H and O–H groups in total. The van der Waals surface area contributed by atoms with Gasteiger partial charge in [-0.25, -0.2) is 13.6 Å². The molecule has 7 heteroatoms. The minimum atomic E-state index is -3.93. The zero-order valence-corrected chi connectivity index (χ0v) is 12.5. The number of rotatable bonds is 4. The Labute approximate surface area is 121 Å². The maximum absolute atomic E-state index is 11.6. The molecule has 0 spiro atoms. The molecule has 0 bridgehead atoms. The minimum absolute atomic E-state index is 0.119. The molecule has 0 amide bonds. The summed E-state index contributed by atoms with van der Waals surface area (Å²) in [4.78, 5) is 1.06. The SMILES string of the molecule is CCc1cc(-c2cccc(S(N)(=O)=O)c2C(=N)N)cs1. The molecule has 0 fully saturated rings. The quantitative estimate of drug-likeness (QED) is 0.592. The minimum Gasteiger partial charge on any atom is -0.384 e. The van der Waals surface area contributed by atoms with Gasteiger partial charge in [0.05, 0.1) is 4.90 Å². The summed E-state index contributed by atoms with van der Waals surface area (Å²) in [7, 11) is -3.93. The van der Waals surface area contributed by atoms with Crippen LogP contribution < -0.4 is 10.9 Å². The van der Waals surface area contributed by atoms with Crippen LogP contribution in [0.2, 0.25) is 0 Å². The average Bonchev–Trinajstić information content (AvgIpc) is 2.85. The second kappa shape index (κ2) is 5.35. The lowest BCUT2D eigenvalue weighted by Crippen LogP contribution is -2.21. The topological polar surface area (TPSA) is 110 Å². The number of amidine groups is 1. The van der Waals surface area contributed by atoms with E-state index in [4.69, 9.17) is 16.3 Å². The summed E-state index contributed by atoms with van der Waals surface area (Å²) in [6.45, 7) is 2.04. The van der Waals surface area contributed by atoms with Crippen LogP contribution in [0.15, 0.2) is 34.5 Å². The summed E-state index contributed by atoms with van der Waals surface area (Å²) in [5.41, 5.74) is 7.18. The van der Waals surface area contributed by atoms with Gasteiger partial charge in [-0.1, -0.05) is 19.1 Å². The fraction of sp³-hybridized carbons (Fsp3) is 0.154. The predicted molar refractivity (Wildman–Crippen MR) is 81.5 cm³/mol. The number of nitrogens with two attached hydrogens (primary N) is 2. The zero-order chi connectivity index (χ0) is 14.9. The fourth-order valence-corrected chi connectivity index (χ4v) is 3.60. The number of hydrogen-bond donors (Lipinski definition) is 3. The van der Waals surface area contributed by atoms with Crippen molar-refractivity contribution in [3.8, 4) is 11.1 Å². The van der Waals surface area contributed by atoms with E-state index in [2.05, 4.69) is 0 Å². The summed E-state index contributed by atoms with van der Waals surface area (Å²) in [6.07, 6.45) is 0.898. The van der Waals surface area contributed by atoms with Crippen molar-refractivity contribution in [2.24, 2.45) is 10.9 Å². The van der Waals surface area contributed by atoms with Crippen LogP contribution in [0.25, 0.3) is 11.1 Å². The maximum Gasteiger partial charge on any atom is 0.238 e. The Morgan fingerprint density at radius 1 is 1.40 bits per heavy atom. The van der Waals surface area contributed by atoms with E-state index >= 15 is 0 Å². The molecule has 1 aromatic heterocycles. The van der Waals surface area contributed by atoms with Gasteiger partial charge in [-0.15, -0.1) is 11.3 Å². The molecule has 0 aliphatic rings. The monoisotopic (exact) mass is 309 g/mol. The highest BCUT2D eigenvalue weighted by molar-refractivity contribution is 7.89. The van der Waals surface area contributed by atoms with Crippen molar-refractivity contribution in [3.63, 3.8) is 0 Å². The van der Waals surface area contributed by atoms with Crippen LogP contribution in [0.1, 0.15) is 17.4 Å². The van der Waals surface area contributed by atoms with Gasteiger partial charge in [-0.05, 0) is 35.1 Å². The largest absolute Gasteiger partial charge is 0.384 e. The first-order chi connectivity index (χ1) is 9.34. The standard InChI is InChI=1S/C13H15N3O2S2/c1-2-9-6-8(7-19-9)10-4-3-5-11(20(16,17)18)12(10)13(14)15/h3-7H,2H2,1H3,(H3,14,15)(H2,16,17,18).